The van der Waals surface area contributed by atoms with Crippen LogP contribution in [0.25, 0.3) is 0 Å². The van der Waals surface area contributed by atoms with Crippen molar-refractivity contribution in [1.82, 2.24) is 10.2 Å². The second-order valence-electron chi connectivity index (χ2n) is 5.90. The van der Waals surface area contributed by atoms with Crippen LogP contribution >= 0.6 is 0 Å². The van der Waals surface area contributed by atoms with Crippen LogP contribution in [0.3, 0.4) is 0 Å². The fourth-order valence-electron chi connectivity index (χ4n) is 3.07. The van der Waals surface area contributed by atoms with E-state index in [1.165, 1.54) is 58.3 Å². The van der Waals surface area contributed by atoms with Gasteiger partial charge in [0.15, 0.2) is 0 Å². The third kappa shape index (κ3) is 3.18. The molecule has 2 aliphatic rings. The summed E-state index contributed by atoms with van der Waals surface area (Å²) < 4.78 is 0. The van der Waals surface area contributed by atoms with E-state index in [0.29, 0.717) is 5.54 Å². The lowest BCUT2D eigenvalue weighted by atomic mass is 9.99. The van der Waals surface area contributed by atoms with E-state index in [2.05, 4.69) is 24.1 Å². The predicted molar refractivity (Wildman–Crippen MR) is 65.1 cm³/mol. The average Bonchev–Trinajstić information content (AvgIpc) is 2.51. The molecule has 0 aliphatic carbocycles. The van der Waals surface area contributed by atoms with Crippen LogP contribution in [0.1, 0.15) is 46.0 Å². The molecule has 2 heteroatoms. The van der Waals surface area contributed by atoms with Gasteiger partial charge in [0.25, 0.3) is 0 Å². The van der Waals surface area contributed by atoms with E-state index in [-0.39, 0.29) is 0 Å². The fourth-order valence-corrected chi connectivity index (χ4v) is 3.07. The van der Waals surface area contributed by atoms with Gasteiger partial charge in [0.1, 0.15) is 0 Å². The Bertz CT molecular complexity index is 197. The van der Waals surface area contributed by atoms with Gasteiger partial charge in [-0.1, -0.05) is 6.92 Å². The molecule has 2 aliphatic heterocycles. The molecule has 0 radical (unpaired) electrons. The van der Waals surface area contributed by atoms with Gasteiger partial charge in [-0.25, -0.2) is 0 Å². The summed E-state index contributed by atoms with van der Waals surface area (Å²) in [4.78, 5) is 2.68. The smallest absolute Gasteiger partial charge is 0.0280 e. The molecule has 2 heterocycles. The van der Waals surface area contributed by atoms with Crippen LogP contribution in [0.15, 0.2) is 0 Å². The molecular formula is C13H26N2. The van der Waals surface area contributed by atoms with E-state index in [4.69, 9.17) is 0 Å². The molecule has 2 atom stereocenters. The molecule has 15 heavy (non-hydrogen) atoms. The first-order chi connectivity index (χ1) is 7.18. The Balaban J connectivity index is 1.82. The van der Waals surface area contributed by atoms with Crippen LogP contribution in [0, 0.1) is 5.92 Å². The van der Waals surface area contributed by atoms with Gasteiger partial charge < -0.3 is 10.2 Å². The lowest BCUT2D eigenvalue weighted by molar-refractivity contribution is 0.208. The maximum absolute atomic E-state index is 3.67. The van der Waals surface area contributed by atoms with Gasteiger partial charge in [0, 0.05) is 12.1 Å². The van der Waals surface area contributed by atoms with E-state index < -0.39 is 0 Å². The molecule has 0 aromatic heterocycles. The topological polar surface area (TPSA) is 15.3 Å². The first kappa shape index (κ1) is 11.4. The highest BCUT2D eigenvalue weighted by atomic mass is 15.2. The molecule has 2 rings (SSSR count). The van der Waals surface area contributed by atoms with E-state index in [1.807, 2.05) is 0 Å². The van der Waals surface area contributed by atoms with Crippen LogP contribution in [0.2, 0.25) is 0 Å². The summed E-state index contributed by atoms with van der Waals surface area (Å²) in [6, 6.07) is 0. The highest BCUT2D eigenvalue weighted by Gasteiger charge is 2.30. The standard InChI is InChI=1S/C13H26N2/c1-12-5-3-9-15(10-6-12)11-13(2)7-4-8-14-13/h12,14H,3-11H2,1-2H3. The van der Waals surface area contributed by atoms with Gasteiger partial charge in [0.05, 0.1) is 0 Å². The number of hydrogen-bond acceptors (Lipinski definition) is 2. The third-order valence-electron chi connectivity index (χ3n) is 4.14. The van der Waals surface area contributed by atoms with E-state index in [9.17, 15) is 0 Å². The predicted octanol–water partition coefficient (Wildman–Crippen LogP) is 2.25. The molecule has 2 unspecified atom stereocenters. The maximum atomic E-state index is 3.67. The highest BCUT2D eigenvalue weighted by Crippen LogP contribution is 2.23. The Hall–Kier alpha value is -0.0800. The van der Waals surface area contributed by atoms with Crippen molar-refractivity contribution in [2.24, 2.45) is 5.92 Å². The molecule has 0 bridgehead atoms. The van der Waals surface area contributed by atoms with Crippen molar-refractivity contribution >= 4 is 0 Å². The van der Waals surface area contributed by atoms with Crippen molar-refractivity contribution in [3.05, 3.63) is 0 Å². The zero-order chi connectivity index (χ0) is 10.7. The minimum absolute atomic E-state index is 0.410. The van der Waals surface area contributed by atoms with Crippen molar-refractivity contribution in [2.75, 3.05) is 26.2 Å². The van der Waals surface area contributed by atoms with Crippen LogP contribution in [0.5, 0.6) is 0 Å². The number of likely N-dealkylation sites (tertiary alicyclic amines) is 1. The van der Waals surface area contributed by atoms with Crippen molar-refractivity contribution in [3.8, 4) is 0 Å². The van der Waals surface area contributed by atoms with Crippen molar-refractivity contribution < 1.29 is 0 Å². The minimum Gasteiger partial charge on any atom is -0.310 e. The van der Waals surface area contributed by atoms with E-state index in [1.54, 1.807) is 0 Å². The largest absolute Gasteiger partial charge is 0.310 e. The van der Waals surface area contributed by atoms with Crippen LogP contribution in [-0.4, -0.2) is 36.6 Å². The van der Waals surface area contributed by atoms with Gasteiger partial charge in [-0.05, 0) is 64.6 Å². The normalized spacial score (nSPS) is 39.2. The first-order valence-electron chi connectivity index (χ1n) is 6.65. The van der Waals surface area contributed by atoms with Gasteiger partial charge >= 0.3 is 0 Å². The summed E-state index contributed by atoms with van der Waals surface area (Å²) in [5.41, 5.74) is 0.410. The molecule has 0 spiro atoms. The third-order valence-corrected chi connectivity index (χ3v) is 4.14. The maximum Gasteiger partial charge on any atom is 0.0280 e. The molecule has 0 aromatic carbocycles. The lowest BCUT2D eigenvalue weighted by Crippen LogP contribution is -2.47. The van der Waals surface area contributed by atoms with Crippen LogP contribution < -0.4 is 5.32 Å². The Morgan fingerprint density at radius 1 is 1.27 bits per heavy atom. The van der Waals surface area contributed by atoms with Gasteiger partial charge in [-0.2, -0.15) is 0 Å². The van der Waals surface area contributed by atoms with Gasteiger partial charge in [-0.3, -0.25) is 0 Å². The van der Waals surface area contributed by atoms with E-state index in [0.717, 1.165) is 5.92 Å². The Kier molecular flexibility index (Phi) is 3.68. The second-order valence-corrected chi connectivity index (χ2v) is 5.90. The lowest BCUT2D eigenvalue weighted by Gasteiger charge is -2.32. The Morgan fingerprint density at radius 3 is 2.87 bits per heavy atom. The molecule has 1 N–H and O–H groups in total. The summed E-state index contributed by atoms with van der Waals surface area (Å²) in [5, 5.41) is 3.67. The SMILES string of the molecule is CC1CCCN(CC2(C)CCCN2)CC1. The highest BCUT2D eigenvalue weighted by molar-refractivity contribution is 4.91. The molecule has 2 nitrogen and oxygen atoms in total. The van der Waals surface area contributed by atoms with Crippen molar-refractivity contribution in [3.63, 3.8) is 0 Å². The summed E-state index contributed by atoms with van der Waals surface area (Å²) >= 11 is 0. The average molecular weight is 210 g/mol. The van der Waals surface area contributed by atoms with E-state index >= 15 is 0 Å². The number of nitrogens with one attached hydrogen (secondary N) is 1. The first-order valence-corrected chi connectivity index (χ1v) is 6.65. The Labute approximate surface area is 94.4 Å². The molecule has 2 fully saturated rings. The molecule has 2 saturated heterocycles. The molecular weight excluding hydrogens is 184 g/mol. The number of nitrogens with zero attached hydrogens (tertiary/aromatic N) is 1. The molecule has 0 saturated carbocycles. The zero-order valence-corrected chi connectivity index (χ0v) is 10.4. The fraction of sp³-hybridized carbons (Fsp3) is 1.00. The summed E-state index contributed by atoms with van der Waals surface area (Å²) in [7, 11) is 0. The van der Waals surface area contributed by atoms with Crippen LogP contribution in [-0.2, 0) is 0 Å². The van der Waals surface area contributed by atoms with Gasteiger partial charge in [0.2, 0.25) is 0 Å². The quantitative estimate of drug-likeness (QED) is 0.752. The summed E-state index contributed by atoms with van der Waals surface area (Å²) in [6.45, 7) is 9.92. The molecule has 0 aromatic rings. The Morgan fingerprint density at radius 2 is 2.13 bits per heavy atom. The van der Waals surface area contributed by atoms with Gasteiger partial charge in [-0.15, -0.1) is 0 Å². The molecule has 0 amide bonds. The number of rotatable bonds is 2. The van der Waals surface area contributed by atoms with Crippen LogP contribution in [0.4, 0.5) is 0 Å². The summed E-state index contributed by atoms with van der Waals surface area (Å²) in [6.07, 6.45) is 6.95. The zero-order valence-electron chi connectivity index (χ0n) is 10.4. The minimum atomic E-state index is 0.410. The second kappa shape index (κ2) is 4.84. The summed E-state index contributed by atoms with van der Waals surface area (Å²) in [5.74, 6) is 0.944. The van der Waals surface area contributed by atoms with Crippen molar-refractivity contribution in [2.45, 2.75) is 51.5 Å². The number of hydrogen-bond donors (Lipinski definition) is 1. The monoisotopic (exact) mass is 210 g/mol. The van der Waals surface area contributed by atoms with Crippen molar-refractivity contribution in [1.29, 1.82) is 0 Å². The molecule has 88 valence electrons.